The van der Waals surface area contributed by atoms with Crippen LogP contribution in [0.25, 0.3) is 22.7 Å². The smallest absolute Gasteiger partial charge is 0.282 e. The number of hydrogen-bond donors (Lipinski definition) is 2. The first-order valence-electron chi connectivity index (χ1n) is 11.6. The van der Waals surface area contributed by atoms with E-state index in [4.69, 9.17) is 6.57 Å². The van der Waals surface area contributed by atoms with Gasteiger partial charge in [-0.2, -0.15) is 5.01 Å². The van der Waals surface area contributed by atoms with E-state index in [-0.39, 0.29) is 33.4 Å². The number of aromatic amines is 1. The number of amides is 1. The Bertz CT molecular complexity index is 1920. The van der Waals surface area contributed by atoms with E-state index in [2.05, 4.69) is 14.9 Å². The van der Waals surface area contributed by atoms with E-state index in [1.165, 1.54) is 23.2 Å². The predicted molar refractivity (Wildman–Crippen MR) is 144 cm³/mol. The van der Waals surface area contributed by atoms with Crippen LogP contribution in [0.5, 0.6) is 5.88 Å². The van der Waals surface area contributed by atoms with Crippen molar-refractivity contribution in [3.8, 4) is 11.6 Å². The summed E-state index contributed by atoms with van der Waals surface area (Å²) >= 11 is 0. The quantitative estimate of drug-likeness (QED) is 0.417. The number of carbonyl (C=O) groups is 1. The summed E-state index contributed by atoms with van der Waals surface area (Å²) in [4.78, 5) is 45.4. The van der Waals surface area contributed by atoms with Crippen LogP contribution in [-0.4, -0.2) is 20.6 Å². The van der Waals surface area contributed by atoms with Gasteiger partial charge in [0.2, 0.25) is 11.6 Å². The Kier molecular flexibility index (Phi) is 6.07. The molecular formula is C29H21N5O4. The highest BCUT2D eigenvalue weighted by Crippen LogP contribution is 2.32. The van der Waals surface area contributed by atoms with Gasteiger partial charge in [0.15, 0.2) is 5.49 Å². The number of rotatable bonds is 4. The van der Waals surface area contributed by atoms with Gasteiger partial charge in [0.05, 0.1) is 23.5 Å². The van der Waals surface area contributed by atoms with Crippen LogP contribution in [0.1, 0.15) is 27.0 Å². The van der Waals surface area contributed by atoms with E-state index >= 15 is 0 Å². The molecule has 1 aliphatic heterocycles. The van der Waals surface area contributed by atoms with Gasteiger partial charge in [-0.3, -0.25) is 19.0 Å². The lowest BCUT2D eigenvalue weighted by Gasteiger charge is -2.14. The second-order valence-corrected chi connectivity index (χ2v) is 8.59. The molecule has 0 atom stereocenters. The highest BCUT2D eigenvalue weighted by Gasteiger charge is 2.28. The lowest BCUT2D eigenvalue weighted by Crippen LogP contribution is -2.38. The molecule has 9 heteroatoms. The SMILES string of the molecule is [C-]#[N+]c1c(C)c(C=C/C=c2\c(C)c3c([nH]c2=O)=NN(c2ccccc2)C3=O)c(=O)n(-c2ccccc2)c1O. The van der Waals surface area contributed by atoms with Gasteiger partial charge in [-0.1, -0.05) is 48.6 Å². The van der Waals surface area contributed by atoms with Gasteiger partial charge in [0.25, 0.3) is 17.0 Å². The second kappa shape index (κ2) is 9.52. The number of H-pyrrole nitrogens is 1. The summed E-state index contributed by atoms with van der Waals surface area (Å²) in [5.74, 6) is -0.800. The standard InChI is InChI=1S/C29H21N5O4/c1-17-21(26(35)31-25-23(17)28(37)34(32-25)20-13-8-5-9-14-20)15-10-16-22-18(2)24(30-3)29(38)33(27(22)36)19-11-6-4-7-12-19/h4-16,38H,1-2H3,(H,31,32,35)/b16-10?,21-15+. The van der Waals surface area contributed by atoms with Gasteiger partial charge >= 0.3 is 0 Å². The second-order valence-electron chi connectivity index (χ2n) is 8.59. The lowest BCUT2D eigenvalue weighted by atomic mass is 10.1. The van der Waals surface area contributed by atoms with Gasteiger partial charge in [-0.15, -0.1) is 5.10 Å². The minimum Gasteiger partial charge on any atom is -0.502 e. The van der Waals surface area contributed by atoms with E-state index in [0.717, 1.165) is 4.57 Å². The van der Waals surface area contributed by atoms with Crippen molar-refractivity contribution < 1.29 is 9.90 Å². The van der Waals surface area contributed by atoms with E-state index in [9.17, 15) is 19.5 Å². The normalized spacial score (nSPS) is 13.0. The summed E-state index contributed by atoms with van der Waals surface area (Å²) < 4.78 is 1.08. The number of aromatic hydroxyl groups is 1. The van der Waals surface area contributed by atoms with Crippen molar-refractivity contribution in [2.75, 3.05) is 5.01 Å². The largest absolute Gasteiger partial charge is 0.502 e. The summed E-state index contributed by atoms with van der Waals surface area (Å²) in [7, 11) is 0. The van der Waals surface area contributed by atoms with Crippen molar-refractivity contribution in [1.82, 2.24) is 9.55 Å². The number of pyridine rings is 2. The molecule has 0 spiro atoms. The number of para-hydroxylation sites is 2. The molecule has 0 radical (unpaired) electrons. The van der Waals surface area contributed by atoms with Crippen LogP contribution in [0.4, 0.5) is 11.4 Å². The number of nitrogens with one attached hydrogen (secondary N) is 1. The molecular weight excluding hydrogens is 482 g/mol. The minimum absolute atomic E-state index is 0.0483. The predicted octanol–water partition coefficient (Wildman–Crippen LogP) is 3.09. The maximum atomic E-state index is 13.3. The van der Waals surface area contributed by atoms with Crippen molar-refractivity contribution in [2.24, 2.45) is 5.10 Å². The van der Waals surface area contributed by atoms with Gasteiger partial charge in [-0.05, 0) is 55.3 Å². The van der Waals surface area contributed by atoms with E-state index in [0.29, 0.717) is 22.5 Å². The molecule has 0 aliphatic carbocycles. The number of hydrogen-bond acceptors (Lipinski definition) is 5. The lowest BCUT2D eigenvalue weighted by molar-refractivity contribution is 0.0994. The molecule has 2 aromatic carbocycles. The fourth-order valence-corrected chi connectivity index (χ4v) is 4.42. The average molecular weight is 504 g/mol. The summed E-state index contributed by atoms with van der Waals surface area (Å²) in [5.41, 5.74) is 1.40. The molecule has 1 aliphatic rings. The monoisotopic (exact) mass is 503 g/mol. The molecule has 3 heterocycles. The van der Waals surface area contributed by atoms with Gasteiger partial charge < -0.3 is 10.1 Å². The number of nitrogens with zero attached hydrogens (tertiary/aromatic N) is 4. The molecule has 0 saturated carbocycles. The summed E-state index contributed by atoms with van der Waals surface area (Å²) in [6.45, 7) is 10.8. The number of carbonyl (C=O) groups excluding carboxylic acids is 1. The third-order valence-electron chi connectivity index (χ3n) is 6.37. The van der Waals surface area contributed by atoms with Crippen LogP contribution < -0.4 is 26.8 Å². The van der Waals surface area contributed by atoms with Gasteiger partial charge in [0, 0.05) is 10.8 Å². The molecule has 5 rings (SSSR count). The fourth-order valence-electron chi connectivity index (χ4n) is 4.42. The van der Waals surface area contributed by atoms with Crippen LogP contribution in [0.3, 0.4) is 0 Å². The Balaban J connectivity index is 1.61. The molecule has 0 fully saturated rings. The molecule has 2 N–H and O–H groups in total. The van der Waals surface area contributed by atoms with Gasteiger partial charge in [0.1, 0.15) is 0 Å². The zero-order valence-corrected chi connectivity index (χ0v) is 20.5. The van der Waals surface area contributed by atoms with E-state index in [1.54, 1.807) is 68.4 Å². The number of aromatic nitrogens is 2. The molecule has 0 bridgehead atoms. The Morgan fingerprint density at radius 3 is 2.21 bits per heavy atom. The first-order chi connectivity index (χ1) is 18.3. The Labute approximate surface area is 216 Å². The third-order valence-corrected chi connectivity index (χ3v) is 6.37. The number of benzene rings is 2. The summed E-state index contributed by atoms with van der Waals surface area (Å²) in [5, 5.41) is 16.4. The highest BCUT2D eigenvalue weighted by molar-refractivity contribution is 6.07. The van der Waals surface area contributed by atoms with Crippen LogP contribution in [0.15, 0.2) is 81.4 Å². The molecule has 0 saturated heterocycles. The first-order valence-corrected chi connectivity index (χ1v) is 11.6. The molecule has 0 unspecified atom stereocenters. The average Bonchev–Trinajstić information content (AvgIpc) is 3.25. The molecule has 186 valence electrons. The van der Waals surface area contributed by atoms with Crippen molar-refractivity contribution in [3.05, 3.63) is 132 Å². The van der Waals surface area contributed by atoms with Gasteiger partial charge in [-0.25, -0.2) is 4.85 Å². The topological polar surface area (TPSA) is 112 Å². The molecule has 9 nitrogen and oxygen atoms in total. The van der Waals surface area contributed by atoms with Crippen LogP contribution in [-0.2, 0) is 0 Å². The first kappa shape index (κ1) is 24.2. The zero-order chi connectivity index (χ0) is 27.0. The zero-order valence-electron chi connectivity index (χ0n) is 20.5. The fraction of sp³-hybridized carbons (Fsp3) is 0.0690. The molecule has 4 aromatic rings. The summed E-state index contributed by atoms with van der Waals surface area (Å²) in [6, 6.07) is 17.4. The number of allylic oxidation sites excluding steroid dienone is 1. The maximum absolute atomic E-state index is 13.3. The van der Waals surface area contributed by atoms with Crippen molar-refractivity contribution in [1.29, 1.82) is 0 Å². The molecule has 1 amide bonds. The molecule has 2 aromatic heterocycles. The van der Waals surface area contributed by atoms with E-state index < -0.39 is 17.0 Å². The summed E-state index contributed by atoms with van der Waals surface area (Å²) in [6.07, 6.45) is 4.50. The minimum atomic E-state index is -0.518. The Hall–Kier alpha value is -5.49. The Morgan fingerprint density at radius 2 is 1.58 bits per heavy atom. The van der Waals surface area contributed by atoms with Crippen LogP contribution >= 0.6 is 0 Å². The number of anilines is 1. The highest BCUT2D eigenvalue weighted by atomic mass is 16.3. The van der Waals surface area contributed by atoms with Crippen molar-refractivity contribution in [3.63, 3.8) is 0 Å². The van der Waals surface area contributed by atoms with Crippen LogP contribution in [0.2, 0.25) is 0 Å². The van der Waals surface area contributed by atoms with Crippen molar-refractivity contribution >= 4 is 29.4 Å². The number of fused-ring (bicyclic) bond motifs is 1. The van der Waals surface area contributed by atoms with Crippen LogP contribution in [0, 0.1) is 20.4 Å². The maximum Gasteiger partial charge on any atom is 0.282 e. The van der Waals surface area contributed by atoms with Crippen molar-refractivity contribution in [2.45, 2.75) is 13.8 Å². The Morgan fingerprint density at radius 1 is 0.947 bits per heavy atom. The molecule has 38 heavy (non-hydrogen) atoms. The third kappa shape index (κ3) is 3.90. The van der Waals surface area contributed by atoms with E-state index in [1.807, 2.05) is 6.07 Å².